The summed E-state index contributed by atoms with van der Waals surface area (Å²) < 4.78 is 5.82. The summed E-state index contributed by atoms with van der Waals surface area (Å²) in [5.41, 5.74) is 6.77. The first kappa shape index (κ1) is 9.92. The maximum Gasteiger partial charge on any atom is 0.343 e. The molecule has 0 aliphatic carbocycles. The minimum atomic E-state index is -0.403. The molecule has 5 heteroatoms. The van der Waals surface area contributed by atoms with Crippen LogP contribution in [0.3, 0.4) is 0 Å². The molecule has 0 saturated heterocycles. The minimum absolute atomic E-state index is 0.336. The lowest BCUT2D eigenvalue weighted by atomic mass is 10.2. The first-order valence-electron chi connectivity index (χ1n) is 4.54. The molecular weight excluding hydrogens is 212 g/mol. The third-order valence-electron chi connectivity index (χ3n) is 1.95. The van der Waals surface area contributed by atoms with E-state index in [2.05, 4.69) is 4.98 Å². The molecule has 2 N–H and O–H groups in total. The van der Waals surface area contributed by atoms with Crippen molar-refractivity contribution in [3.63, 3.8) is 0 Å². The zero-order valence-corrected chi connectivity index (χ0v) is 9.00. The van der Waals surface area contributed by atoms with Gasteiger partial charge in [-0.25, -0.2) is 4.79 Å². The predicted octanol–water partition coefficient (Wildman–Crippen LogP) is 2.06. The molecule has 2 aromatic rings. The Morgan fingerprint density at radius 2 is 2.47 bits per heavy atom. The third-order valence-corrected chi connectivity index (χ3v) is 2.93. The topological polar surface area (TPSA) is 65.2 Å². The van der Waals surface area contributed by atoms with E-state index in [0.29, 0.717) is 22.7 Å². The number of carbonyl (C=O) groups excluding carboxylic acids is 1. The molecule has 4 nitrogen and oxygen atoms in total. The van der Waals surface area contributed by atoms with E-state index in [-0.39, 0.29) is 0 Å². The molecule has 0 amide bonds. The fraction of sp³-hybridized carbons (Fsp3) is 0.200. The van der Waals surface area contributed by atoms with Crippen LogP contribution in [0.25, 0.3) is 10.2 Å². The monoisotopic (exact) mass is 222 g/mol. The van der Waals surface area contributed by atoms with Crippen LogP contribution in [0, 0.1) is 0 Å². The van der Waals surface area contributed by atoms with Gasteiger partial charge in [0, 0.05) is 6.20 Å². The number of nitrogens with two attached hydrogens (primary N) is 1. The third kappa shape index (κ3) is 1.66. The number of hydrogen-bond acceptors (Lipinski definition) is 5. The smallest absolute Gasteiger partial charge is 0.343 e. The van der Waals surface area contributed by atoms with Crippen LogP contribution >= 0.6 is 11.3 Å². The zero-order valence-electron chi connectivity index (χ0n) is 8.19. The molecule has 0 aliphatic heterocycles. The van der Waals surface area contributed by atoms with E-state index < -0.39 is 5.97 Å². The standard InChI is InChI=1S/C10H10N2O2S/c1-2-14-10(13)7-8-6(15-9(7)11)4-3-5-12-8/h3-5H,2,11H2,1H3. The highest BCUT2D eigenvalue weighted by Gasteiger charge is 2.18. The lowest BCUT2D eigenvalue weighted by Gasteiger charge is -2.00. The summed E-state index contributed by atoms with van der Waals surface area (Å²) in [7, 11) is 0. The summed E-state index contributed by atoms with van der Waals surface area (Å²) in [5.74, 6) is -0.403. The van der Waals surface area contributed by atoms with Gasteiger partial charge in [-0.2, -0.15) is 0 Å². The van der Waals surface area contributed by atoms with Crippen LogP contribution in [-0.4, -0.2) is 17.6 Å². The Morgan fingerprint density at radius 3 is 3.20 bits per heavy atom. The van der Waals surface area contributed by atoms with E-state index in [1.54, 1.807) is 13.1 Å². The number of rotatable bonds is 2. The van der Waals surface area contributed by atoms with Gasteiger partial charge in [-0.05, 0) is 19.1 Å². The number of anilines is 1. The summed E-state index contributed by atoms with van der Waals surface area (Å²) >= 11 is 1.35. The fourth-order valence-electron chi connectivity index (χ4n) is 1.35. The number of nitrogens with zero attached hydrogens (tertiary/aromatic N) is 1. The van der Waals surface area contributed by atoms with Crippen molar-refractivity contribution in [1.29, 1.82) is 0 Å². The number of hydrogen-bond donors (Lipinski definition) is 1. The Bertz CT molecular complexity index is 507. The molecule has 0 aliphatic rings. The van der Waals surface area contributed by atoms with Crippen molar-refractivity contribution in [2.75, 3.05) is 12.3 Å². The molecule has 78 valence electrons. The van der Waals surface area contributed by atoms with Gasteiger partial charge < -0.3 is 10.5 Å². The second-order valence-electron chi connectivity index (χ2n) is 2.91. The molecule has 0 bridgehead atoms. The summed E-state index contributed by atoms with van der Waals surface area (Å²) in [4.78, 5) is 15.7. The maximum atomic E-state index is 11.6. The highest BCUT2D eigenvalue weighted by molar-refractivity contribution is 7.23. The Morgan fingerprint density at radius 1 is 1.67 bits per heavy atom. The highest BCUT2D eigenvalue weighted by Crippen LogP contribution is 2.32. The van der Waals surface area contributed by atoms with Crippen molar-refractivity contribution in [1.82, 2.24) is 4.98 Å². The fourth-order valence-corrected chi connectivity index (χ4v) is 2.26. The lowest BCUT2D eigenvalue weighted by molar-refractivity contribution is 0.0530. The molecule has 0 spiro atoms. The van der Waals surface area contributed by atoms with Crippen LogP contribution in [0.4, 0.5) is 5.00 Å². The number of esters is 1. The SMILES string of the molecule is CCOC(=O)c1c(N)sc2cccnc12. The summed E-state index contributed by atoms with van der Waals surface area (Å²) in [6.45, 7) is 2.10. The number of thiophene rings is 1. The summed E-state index contributed by atoms with van der Waals surface area (Å²) in [6, 6.07) is 3.69. The van der Waals surface area contributed by atoms with Crippen LogP contribution < -0.4 is 5.73 Å². The van der Waals surface area contributed by atoms with Crippen molar-refractivity contribution in [3.8, 4) is 0 Å². The van der Waals surface area contributed by atoms with Gasteiger partial charge in [-0.1, -0.05) is 0 Å². The average molecular weight is 222 g/mol. The number of nitrogen functional groups attached to an aromatic ring is 1. The Balaban J connectivity index is 2.58. The van der Waals surface area contributed by atoms with Gasteiger partial charge in [0.1, 0.15) is 10.6 Å². The van der Waals surface area contributed by atoms with Crippen molar-refractivity contribution in [2.45, 2.75) is 6.92 Å². The second kappa shape index (κ2) is 3.86. The van der Waals surface area contributed by atoms with E-state index in [9.17, 15) is 4.79 Å². The maximum absolute atomic E-state index is 11.6. The van der Waals surface area contributed by atoms with Crippen molar-refractivity contribution in [3.05, 3.63) is 23.9 Å². The van der Waals surface area contributed by atoms with Crippen LogP contribution in [-0.2, 0) is 4.74 Å². The van der Waals surface area contributed by atoms with Crippen molar-refractivity contribution >= 4 is 32.5 Å². The molecule has 2 heterocycles. The quantitative estimate of drug-likeness (QED) is 0.790. The number of carbonyl (C=O) groups is 1. The number of pyridine rings is 1. The Hall–Kier alpha value is -1.62. The molecule has 0 fully saturated rings. The molecule has 0 saturated carbocycles. The average Bonchev–Trinajstić information content (AvgIpc) is 2.54. The van der Waals surface area contributed by atoms with E-state index in [4.69, 9.17) is 10.5 Å². The normalized spacial score (nSPS) is 10.5. The predicted molar refractivity (Wildman–Crippen MR) is 60.0 cm³/mol. The zero-order chi connectivity index (χ0) is 10.8. The molecule has 0 unspecified atom stereocenters. The van der Waals surface area contributed by atoms with E-state index in [1.165, 1.54) is 11.3 Å². The lowest BCUT2D eigenvalue weighted by Crippen LogP contribution is -2.06. The molecule has 2 rings (SSSR count). The number of aromatic nitrogens is 1. The Kier molecular flexibility index (Phi) is 2.55. The van der Waals surface area contributed by atoms with Gasteiger partial charge in [0.05, 0.1) is 16.8 Å². The van der Waals surface area contributed by atoms with Gasteiger partial charge in [0.15, 0.2) is 0 Å². The molecule has 15 heavy (non-hydrogen) atoms. The molecular formula is C10H10N2O2S. The minimum Gasteiger partial charge on any atom is -0.462 e. The van der Waals surface area contributed by atoms with Gasteiger partial charge in [0.25, 0.3) is 0 Å². The van der Waals surface area contributed by atoms with Gasteiger partial charge in [-0.3, -0.25) is 4.98 Å². The number of fused-ring (bicyclic) bond motifs is 1. The number of ether oxygens (including phenoxy) is 1. The molecule has 0 radical (unpaired) electrons. The van der Waals surface area contributed by atoms with Gasteiger partial charge in [-0.15, -0.1) is 11.3 Å². The second-order valence-corrected chi connectivity index (χ2v) is 4.00. The molecule has 0 atom stereocenters. The molecule has 0 aromatic carbocycles. The first-order chi connectivity index (χ1) is 7.24. The van der Waals surface area contributed by atoms with E-state index in [1.807, 2.05) is 12.1 Å². The van der Waals surface area contributed by atoms with Crippen molar-refractivity contribution < 1.29 is 9.53 Å². The summed E-state index contributed by atoms with van der Waals surface area (Å²) in [6.07, 6.45) is 1.64. The van der Waals surface area contributed by atoms with E-state index >= 15 is 0 Å². The van der Waals surface area contributed by atoms with E-state index in [0.717, 1.165) is 4.70 Å². The van der Waals surface area contributed by atoms with Gasteiger partial charge in [0.2, 0.25) is 0 Å². The van der Waals surface area contributed by atoms with Crippen LogP contribution in [0.1, 0.15) is 17.3 Å². The van der Waals surface area contributed by atoms with Crippen molar-refractivity contribution in [2.24, 2.45) is 0 Å². The van der Waals surface area contributed by atoms with Gasteiger partial charge >= 0.3 is 5.97 Å². The summed E-state index contributed by atoms with van der Waals surface area (Å²) in [5, 5.41) is 0.460. The van der Waals surface area contributed by atoms with Crippen LogP contribution in [0.2, 0.25) is 0 Å². The Labute approximate surface area is 90.7 Å². The van der Waals surface area contributed by atoms with Crippen LogP contribution in [0.5, 0.6) is 0 Å². The highest BCUT2D eigenvalue weighted by atomic mass is 32.1. The largest absolute Gasteiger partial charge is 0.462 e. The molecule has 2 aromatic heterocycles. The van der Waals surface area contributed by atoms with Crippen LogP contribution in [0.15, 0.2) is 18.3 Å². The first-order valence-corrected chi connectivity index (χ1v) is 5.35.